The van der Waals surface area contributed by atoms with Gasteiger partial charge in [-0.25, -0.2) is 4.98 Å². The van der Waals surface area contributed by atoms with Gasteiger partial charge >= 0.3 is 0 Å². The highest BCUT2D eigenvalue weighted by atomic mass is 16.5. The number of rotatable bonds is 4. The number of H-pyrrole nitrogens is 1. The van der Waals surface area contributed by atoms with Crippen molar-refractivity contribution >= 4 is 0 Å². The van der Waals surface area contributed by atoms with Crippen LogP contribution in [0.2, 0.25) is 0 Å². The Morgan fingerprint density at radius 1 is 1.24 bits per heavy atom. The Labute approximate surface area is 99.8 Å². The Morgan fingerprint density at radius 2 is 2.06 bits per heavy atom. The van der Waals surface area contributed by atoms with Crippen LogP contribution in [-0.2, 0) is 6.42 Å². The molecule has 0 unspecified atom stereocenters. The largest absolute Gasteiger partial charge is 0.493 e. The lowest BCUT2D eigenvalue weighted by atomic mass is 10.1. The molecule has 1 aromatic carbocycles. The van der Waals surface area contributed by atoms with E-state index in [0.29, 0.717) is 17.3 Å². The molecule has 90 valence electrons. The highest BCUT2D eigenvalue weighted by Crippen LogP contribution is 2.36. The number of methoxy groups -OCH3 is 2. The third-order valence-electron chi connectivity index (χ3n) is 2.51. The number of para-hydroxylation sites is 1. The molecule has 2 aromatic rings. The minimum absolute atomic E-state index is 0.623. The van der Waals surface area contributed by atoms with Crippen molar-refractivity contribution in [1.82, 2.24) is 15.2 Å². The van der Waals surface area contributed by atoms with Gasteiger partial charge in [-0.05, 0) is 12.1 Å². The number of nitrogens with zero attached hydrogens (tertiary/aromatic N) is 2. The van der Waals surface area contributed by atoms with Gasteiger partial charge in [-0.1, -0.05) is 13.0 Å². The molecule has 1 N–H and O–H groups in total. The molecule has 0 spiro atoms. The van der Waals surface area contributed by atoms with Gasteiger partial charge in [0.2, 0.25) is 0 Å². The van der Waals surface area contributed by atoms with Crippen molar-refractivity contribution in [3.05, 3.63) is 24.0 Å². The zero-order valence-corrected chi connectivity index (χ0v) is 10.2. The number of ether oxygens (including phenoxy) is 2. The third-order valence-corrected chi connectivity index (χ3v) is 2.51. The minimum atomic E-state index is 0.623. The van der Waals surface area contributed by atoms with Gasteiger partial charge in [0.05, 0.1) is 19.8 Å². The van der Waals surface area contributed by atoms with Gasteiger partial charge in [-0.2, -0.15) is 5.10 Å². The molecule has 0 aliphatic carbocycles. The van der Waals surface area contributed by atoms with Gasteiger partial charge in [-0.3, -0.25) is 5.10 Å². The maximum Gasteiger partial charge on any atom is 0.185 e. The first-order valence-corrected chi connectivity index (χ1v) is 5.42. The van der Waals surface area contributed by atoms with Crippen LogP contribution in [0.15, 0.2) is 18.2 Å². The van der Waals surface area contributed by atoms with E-state index in [1.54, 1.807) is 14.2 Å². The van der Waals surface area contributed by atoms with Crippen molar-refractivity contribution in [2.75, 3.05) is 14.2 Å². The molecule has 0 bridgehead atoms. The van der Waals surface area contributed by atoms with Gasteiger partial charge in [0.25, 0.3) is 0 Å². The quantitative estimate of drug-likeness (QED) is 0.878. The molecule has 0 fully saturated rings. The lowest BCUT2D eigenvalue weighted by Crippen LogP contribution is -1.94. The molecule has 5 heteroatoms. The van der Waals surface area contributed by atoms with E-state index in [9.17, 15) is 0 Å². The van der Waals surface area contributed by atoms with Gasteiger partial charge in [0.1, 0.15) is 5.82 Å². The number of benzene rings is 1. The fourth-order valence-electron chi connectivity index (χ4n) is 1.64. The van der Waals surface area contributed by atoms with Crippen LogP contribution in [0, 0.1) is 0 Å². The zero-order chi connectivity index (χ0) is 12.3. The monoisotopic (exact) mass is 233 g/mol. The van der Waals surface area contributed by atoms with E-state index in [0.717, 1.165) is 17.8 Å². The second-order valence-corrected chi connectivity index (χ2v) is 3.50. The molecular weight excluding hydrogens is 218 g/mol. The Bertz CT molecular complexity index is 508. The molecule has 0 radical (unpaired) electrons. The summed E-state index contributed by atoms with van der Waals surface area (Å²) in [5, 5.41) is 7.05. The van der Waals surface area contributed by atoms with Crippen molar-refractivity contribution in [2.45, 2.75) is 13.3 Å². The minimum Gasteiger partial charge on any atom is -0.493 e. The van der Waals surface area contributed by atoms with Gasteiger partial charge in [0.15, 0.2) is 17.3 Å². The van der Waals surface area contributed by atoms with Crippen LogP contribution in [0.5, 0.6) is 11.5 Å². The summed E-state index contributed by atoms with van der Waals surface area (Å²) in [5.41, 5.74) is 0.822. The van der Waals surface area contributed by atoms with Crippen molar-refractivity contribution < 1.29 is 9.47 Å². The van der Waals surface area contributed by atoms with Crippen molar-refractivity contribution in [3.63, 3.8) is 0 Å². The van der Waals surface area contributed by atoms with E-state index < -0.39 is 0 Å². The van der Waals surface area contributed by atoms with Gasteiger partial charge in [-0.15, -0.1) is 0 Å². The molecule has 1 heterocycles. The molecule has 0 saturated heterocycles. The van der Waals surface area contributed by atoms with E-state index in [4.69, 9.17) is 9.47 Å². The van der Waals surface area contributed by atoms with E-state index in [1.165, 1.54) is 0 Å². The SMILES string of the molecule is CCc1nc(-c2cccc(OC)c2OC)n[nH]1. The molecule has 0 amide bonds. The summed E-state index contributed by atoms with van der Waals surface area (Å²) in [4.78, 5) is 4.38. The molecule has 5 nitrogen and oxygen atoms in total. The molecule has 0 saturated carbocycles. The first kappa shape index (κ1) is 11.4. The molecule has 0 aliphatic rings. The van der Waals surface area contributed by atoms with Gasteiger partial charge in [0, 0.05) is 6.42 Å². The van der Waals surface area contributed by atoms with Crippen molar-refractivity contribution in [2.24, 2.45) is 0 Å². The molecule has 2 rings (SSSR count). The fraction of sp³-hybridized carbons (Fsp3) is 0.333. The fourth-order valence-corrected chi connectivity index (χ4v) is 1.64. The van der Waals surface area contributed by atoms with Crippen molar-refractivity contribution in [3.8, 4) is 22.9 Å². The Balaban J connectivity index is 2.50. The Kier molecular flexibility index (Phi) is 3.27. The van der Waals surface area contributed by atoms with Crippen LogP contribution in [0.4, 0.5) is 0 Å². The number of hydrogen-bond donors (Lipinski definition) is 1. The van der Waals surface area contributed by atoms with E-state index in [2.05, 4.69) is 15.2 Å². The van der Waals surface area contributed by atoms with E-state index >= 15 is 0 Å². The Morgan fingerprint density at radius 3 is 2.65 bits per heavy atom. The number of aryl methyl sites for hydroxylation is 1. The first-order valence-electron chi connectivity index (χ1n) is 5.42. The van der Waals surface area contributed by atoms with Crippen LogP contribution < -0.4 is 9.47 Å². The standard InChI is InChI=1S/C12H15N3O2/c1-4-10-13-12(15-14-10)8-6-5-7-9(16-2)11(8)17-3/h5-7H,4H2,1-3H3,(H,13,14,15). The topological polar surface area (TPSA) is 60.0 Å². The van der Waals surface area contributed by atoms with E-state index in [1.807, 2.05) is 25.1 Å². The summed E-state index contributed by atoms with van der Waals surface area (Å²) in [5.74, 6) is 2.80. The summed E-state index contributed by atoms with van der Waals surface area (Å²) in [6, 6.07) is 5.64. The number of aromatic nitrogens is 3. The smallest absolute Gasteiger partial charge is 0.185 e. The van der Waals surface area contributed by atoms with Crippen LogP contribution in [0.3, 0.4) is 0 Å². The maximum atomic E-state index is 5.35. The van der Waals surface area contributed by atoms with Crippen LogP contribution in [0.1, 0.15) is 12.7 Å². The summed E-state index contributed by atoms with van der Waals surface area (Å²) in [7, 11) is 3.21. The van der Waals surface area contributed by atoms with Crippen molar-refractivity contribution in [1.29, 1.82) is 0 Å². The number of aromatic amines is 1. The summed E-state index contributed by atoms with van der Waals surface area (Å²) >= 11 is 0. The second kappa shape index (κ2) is 4.86. The van der Waals surface area contributed by atoms with Gasteiger partial charge < -0.3 is 9.47 Å². The number of hydrogen-bond acceptors (Lipinski definition) is 4. The first-order chi connectivity index (χ1) is 8.30. The predicted molar refractivity (Wildman–Crippen MR) is 64.3 cm³/mol. The average Bonchev–Trinajstić information content (AvgIpc) is 2.86. The highest BCUT2D eigenvalue weighted by molar-refractivity contribution is 5.68. The maximum absolute atomic E-state index is 5.35. The third kappa shape index (κ3) is 2.08. The Hall–Kier alpha value is -2.04. The molecule has 17 heavy (non-hydrogen) atoms. The summed E-state index contributed by atoms with van der Waals surface area (Å²) < 4.78 is 10.6. The summed E-state index contributed by atoms with van der Waals surface area (Å²) in [6.07, 6.45) is 0.819. The average molecular weight is 233 g/mol. The van der Waals surface area contributed by atoms with E-state index in [-0.39, 0.29) is 0 Å². The summed E-state index contributed by atoms with van der Waals surface area (Å²) in [6.45, 7) is 2.02. The normalized spacial score (nSPS) is 10.3. The molecule has 0 atom stereocenters. The molecule has 0 aliphatic heterocycles. The zero-order valence-electron chi connectivity index (χ0n) is 10.2. The second-order valence-electron chi connectivity index (χ2n) is 3.50. The highest BCUT2D eigenvalue weighted by Gasteiger charge is 2.14. The molecule has 1 aromatic heterocycles. The predicted octanol–water partition coefficient (Wildman–Crippen LogP) is 2.05. The van der Waals surface area contributed by atoms with Crippen LogP contribution >= 0.6 is 0 Å². The molecular formula is C12H15N3O2. The van der Waals surface area contributed by atoms with Crippen LogP contribution in [-0.4, -0.2) is 29.4 Å². The van der Waals surface area contributed by atoms with Crippen LogP contribution in [0.25, 0.3) is 11.4 Å². The number of nitrogens with one attached hydrogen (secondary N) is 1. The lowest BCUT2D eigenvalue weighted by molar-refractivity contribution is 0.356. The lowest BCUT2D eigenvalue weighted by Gasteiger charge is -2.09.